The lowest BCUT2D eigenvalue weighted by molar-refractivity contribution is 0.158. The van der Waals surface area contributed by atoms with Crippen LogP contribution in [-0.4, -0.2) is 42.0 Å². The van der Waals surface area contributed by atoms with Crippen LogP contribution in [0.5, 0.6) is 11.8 Å². The third-order valence-electron chi connectivity index (χ3n) is 1.81. The first-order valence-corrected chi connectivity index (χ1v) is 5.71. The van der Waals surface area contributed by atoms with Gasteiger partial charge in [0.1, 0.15) is 0 Å². The summed E-state index contributed by atoms with van der Waals surface area (Å²) in [6, 6.07) is 1.51. The van der Waals surface area contributed by atoms with Crippen LogP contribution >= 0.6 is 12.2 Å². The summed E-state index contributed by atoms with van der Waals surface area (Å²) in [5.74, 6) is 0.736. The first-order valence-electron chi connectivity index (χ1n) is 5.30. The van der Waals surface area contributed by atoms with Crippen molar-refractivity contribution in [1.82, 2.24) is 15.3 Å². The molecule has 0 bridgehead atoms. The molecule has 8 nitrogen and oxygen atoms in total. The maximum atomic E-state index is 11.1. The van der Waals surface area contributed by atoms with Gasteiger partial charge in [0, 0.05) is 0 Å². The fraction of sp³-hybridized carbons (Fsp3) is 0.400. The van der Waals surface area contributed by atoms with E-state index in [4.69, 9.17) is 21.7 Å². The molecule has 0 aliphatic carbocycles. The Balaban J connectivity index is 2.70. The van der Waals surface area contributed by atoms with Gasteiger partial charge in [0.2, 0.25) is 17.7 Å². The second-order valence-corrected chi connectivity index (χ2v) is 3.48. The standard InChI is InChI=1S/C10H14N4O4S/c1-4-18-10(15)14-9(19)13-8-11-6(16-2)5-7(12-8)17-3/h5H,4H2,1-3H3,(H2,11,12,13,14,15,19). The van der Waals surface area contributed by atoms with Gasteiger partial charge < -0.3 is 19.5 Å². The zero-order valence-corrected chi connectivity index (χ0v) is 11.5. The van der Waals surface area contributed by atoms with Gasteiger partial charge in [-0.05, 0) is 19.1 Å². The molecule has 2 N–H and O–H groups in total. The Bertz CT molecular complexity index is 447. The van der Waals surface area contributed by atoms with Crippen molar-refractivity contribution in [2.24, 2.45) is 0 Å². The average molecular weight is 286 g/mol. The molecule has 9 heteroatoms. The summed E-state index contributed by atoms with van der Waals surface area (Å²) >= 11 is 4.90. The summed E-state index contributed by atoms with van der Waals surface area (Å²) in [6.07, 6.45) is -0.658. The number of ether oxygens (including phenoxy) is 3. The van der Waals surface area contributed by atoms with Crippen molar-refractivity contribution in [3.05, 3.63) is 6.07 Å². The molecule has 0 aromatic carbocycles. The minimum Gasteiger partial charge on any atom is -0.481 e. The lowest BCUT2D eigenvalue weighted by Gasteiger charge is -2.09. The smallest absolute Gasteiger partial charge is 0.413 e. The molecule has 1 aromatic rings. The van der Waals surface area contributed by atoms with Gasteiger partial charge in [-0.2, -0.15) is 9.97 Å². The molecule has 0 fully saturated rings. The number of methoxy groups -OCH3 is 2. The number of thiocarbonyl (C=S) groups is 1. The molecular weight excluding hydrogens is 272 g/mol. The van der Waals surface area contributed by atoms with Gasteiger partial charge in [0.15, 0.2) is 5.11 Å². The van der Waals surface area contributed by atoms with Crippen LogP contribution in [0.1, 0.15) is 6.92 Å². The van der Waals surface area contributed by atoms with E-state index in [1.807, 2.05) is 0 Å². The Kier molecular flexibility index (Phi) is 5.73. The molecular formula is C10H14N4O4S. The van der Waals surface area contributed by atoms with Crippen LogP contribution in [0, 0.1) is 0 Å². The topological polar surface area (TPSA) is 94.6 Å². The number of nitrogens with zero attached hydrogens (tertiary/aromatic N) is 2. The van der Waals surface area contributed by atoms with Crippen LogP contribution in [-0.2, 0) is 4.74 Å². The molecule has 0 radical (unpaired) electrons. The van der Waals surface area contributed by atoms with E-state index >= 15 is 0 Å². The maximum Gasteiger partial charge on any atom is 0.413 e. The Morgan fingerprint density at radius 1 is 1.32 bits per heavy atom. The third kappa shape index (κ3) is 4.92. The Labute approximate surface area is 115 Å². The van der Waals surface area contributed by atoms with Crippen molar-refractivity contribution in [2.45, 2.75) is 6.92 Å². The van der Waals surface area contributed by atoms with Crippen molar-refractivity contribution in [3.63, 3.8) is 0 Å². The van der Waals surface area contributed by atoms with Crippen molar-refractivity contribution in [1.29, 1.82) is 0 Å². The number of carbonyl (C=O) groups excluding carboxylic acids is 1. The highest BCUT2D eigenvalue weighted by molar-refractivity contribution is 7.80. The highest BCUT2D eigenvalue weighted by Gasteiger charge is 2.09. The Hall–Kier alpha value is -2.16. The molecule has 0 atom stereocenters. The number of alkyl carbamates (subject to hydrolysis) is 1. The normalized spacial score (nSPS) is 9.42. The van der Waals surface area contributed by atoms with E-state index in [1.54, 1.807) is 6.92 Å². The van der Waals surface area contributed by atoms with Crippen LogP contribution in [0.3, 0.4) is 0 Å². The van der Waals surface area contributed by atoms with Crippen LogP contribution in [0.2, 0.25) is 0 Å². The molecule has 104 valence electrons. The van der Waals surface area contributed by atoms with E-state index in [1.165, 1.54) is 20.3 Å². The number of aromatic nitrogens is 2. The minimum atomic E-state index is -0.658. The van der Waals surface area contributed by atoms with Gasteiger partial charge in [0.25, 0.3) is 0 Å². The molecule has 0 unspecified atom stereocenters. The van der Waals surface area contributed by atoms with E-state index < -0.39 is 6.09 Å². The number of hydrogen-bond acceptors (Lipinski definition) is 7. The molecule has 1 rings (SSSR count). The van der Waals surface area contributed by atoms with Crippen LogP contribution in [0.15, 0.2) is 6.07 Å². The van der Waals surface area contributed by atoms with E-state index in [2.05, 4.69) is 25.3 Å². The van der Waals surface area contributed by atoms with Gasteiger partial charge >= 0.3 is 6.09 Å². The van der Waals surface area contributed by atoms with E-state index in [0.717, 1.165) is 0 Å². The minimum absolute atomic E-state index is 0.00811. The first-order chi connectivity index (χ1) is 9.08. The molecule has 0 saturated heterocycles. The van der Waals surface area contributed by atoms with Crippen molar-refractivity contribution in [2.75, 3.05) is 26.1 Å². The molecule has 0 aliphatic rings. The van der Waals surface area contributed by atoms with Gasteiger partial charge in [0.05, 0.1) is 26.9 Å². The fourth-order valence-corrected chi connectivity index (χ4v) is 1.24. The summed E-state index contributed by atoms with van der Waals surface area (Å²) in [6.45, 7) is 1.93. The number of carbonyl (C=O) groups is 1. The predicted octanol–water partition coefficient (Wildman–Crippen LogP) is 0.937. The number of hydrogen-bond donors (Lipinski definition) is 2. The SMILES string of the molecule is CCOC(=O)NC(=S)Nc1nc(OC)cc(OC)n1. The summed E-state index contributed by atoms with van der Waals surface area (Å²) in [5, 5.41) is 4.93. The van der Waals surface area contributed by atoms with Crippen LogP contribution < -0.4 is 20.1 Å². The quantitative estimate of drug-likeness (QED) is 0.790. The van der Waals surface area contributed by atoms with Crippen molar-refractivity contribution in [3.8, 4) is 11.8 Å². The Morgan fingerprint density at radius 3 is 2.37 bits per heavy atom. The monoisotopic (exact) mass is 286 g/mol. The lowest BCUT2D eigenvalue weighted by atomic mass is 10.6. The van der Waals surface area contributed by atoms with Crippen LogP contribution in [0.25, 0.3) is 0 Å². The molecule has 0 aliphatic heterocycles. The summed E-state index contributed by atoms with van der Waals surface area (Å²) in [5.41, 5.74) is 0. The average Bonchev–Trinajstić information content (AvgIpc) is 2.38. The van der Waals surface area contributed by atoms with Gasteiger partial charge in [-0.1, -0.05) is 0 Å². The molecule has 0 saturated carbocycles. The van der Waals surface area contributed by atoms with Crippen molar-refractivity contribution < 1.29 is 19.0 Å². The Morgan fingerprint density at radius 2 is 1.89 bits per heavy atom. The first kappa shape index (κ1) is 14.9. The predicted molar refractivity (Wildman–Crippen MR) is 71.5 cm³/mol. The van der Waals surface area contributed by atoms with Gasteiger partial charge in [-0.15, -0.1) is 0 Å². The second-order valence-electron chi connectivity index (χ2n) is 3.08. The maximum absolute atomic E-state index is 11.1. The second kappa shape index (κ2) is 7.31. The molecule has 1 heterocycles. The van der Waals surface area contributed by atoms with Crippen molar-refractivity contribution >= 4 is 29.4 Å². The zero-order chi connectivity index (χ0) is 14.3. The summed E-state index contributed by atoms with van der Waals surface area (Å²) in [7, 11) is 2.92. The number of nitrogens with one attached hydrogen (secondary N) is 2. The summed E-state index contributed by atoms with van der Waals surface area (Å²) in [4.78, 5) is 19.1. The molecule has 1 aromatic heterocycles. The largest absolute Gasteiger partial charge is 0.481 e. The third-order valence-corrected chi connectivity index (χ3v) is 2.02. The number of amides is 1. The zero-order valence-electron chi connectivity index (χ0n) is 10.7. The molecule has 19 heavy (non-hydrogen) atoms. The van der Waals surface area contributed by atoms with Gasteiger partial charge in [-0.3, -0.25) is 5.32 Å². The number of rotatable bonds is 4. The van der Waals surface area contributed by atoms with E-state index in [0.29, 0.717) is 11.8 Å². The lowest BCUT2D eigenvalue weighted by Crippen LogP contribution is -2.35. The van der Waals surface area contributed by atoms with Crippen LogP contribution in [0.4, 0.5) is 10.7 Å². The highest BCUT2D eigenvalue weighted by Crippen LogP contribution is 2.17. The summed E-state index contributed by atoms with van der Waals surface area (Å²) < 4.78 is 14.6. The molecule has 1 amide bonds. The van der Waals surface area contributed by atoms with E-state index in [-0.39, 0.29) is 17.7 Å². The fourth-order valence-electron chi connectivity index (χ4n) is 1.06. The van der Waals surface area contributed by atoms with Gasteiger partial charge in [-0.25, -0.2) is 4.79 Å². The van der Waals surface area contributed by atoms with E-state index in [9.17, 15) is 4.79 Å². The number of anilines is 1. The molecule has 0 spiro atoms. The highest BCUT2D eigenvalue weighted by atomic mass is 32.1.